The van der Waals surface area contributed by atoms with Crippen molar-refractivity contribution in [2.45, 2.75) is 19.3 Å². The summed E-state index contributed by atoms with van der Waals surface area (Å²) in [5.74, 6) is 0.120. The molecule has 2 nitrogen and oxygen atoms in total. The first kappa shape index (κ1) is 9.53. The first-order valence-corrected chi connectivity index (χ1v) is 4.90. The molecule has 3 heteroatoms. The number of hydrogen-bond acceptors (Lipinski definition) is 1. The van der Waals surface area contributed by atoms with E-state index in [-0.39, 0.29) is 5.91 Å². The Bertz CT molecular complexity index is 412. The zero-order chi connectivity index (χ0) is 10.5. The van der Waals surface area contributed by atoms with Crippen molar-refractivity contribution < 1.29 is 4.79 Å². The van der Waals surface area contributed by atoms with Crippen LogP contribution in [0.3, 0.4) is 0 Å². The Kier molecular flexibility index (Phi) is 1.86. The quantitative estimate of drug-likeness (QED) is 0.643. The molecule has 0 fully saturated rings. The van der Waals surface area contributed by atoms with E-state index >= 15 is 0 Å². The second-order valence-electron chi connectivity index (χ2n) is 4.15. The van der Waals surface area contributed by atoms with Gasteiger partial charge in [-0.25, -0.2) is 0 Å². The maximum atomic E-state index is 11.9. The van der Waals surface area contributed by atoms with E-state index in [0.717, 1.165) is 11.3 Å². The summed E-state index contributed by atoms with van der Waals surface area (Å²) in [6.07, 6.45) is 0. The van der Waals surface area contributed by atoms with E-state index in [4.69, 9.17) is 11.6 Å². The highest BCUT2D eigenvalue weighted by Crippen LogP contribution is 2.41. The van der Waals surface area contributed by atoms with Crippen LogP contribution in [0.1, 0.15) is 19.4 Å². The van der Waals surface area contributed by atoms with Crippen LogP contribution in [0.2, 0.25) is 5.02 Å². The van der Waals surface area contributed by atoms with Crippen LogP contribution < -0.4 is 4.90 Å². The molecule has 1 heterocycles. The van der Waals surface area contributed by atoms with Gasteiger partial charge in [0.15, 0.2) is 0 Å². The van der Waals surface area contributed by atoms with Crippen LogP contribution in [0.5, 0.6) is 0 Å². The minimum atomic E-state index is -0.449. The summed E-state index contributed by atoms with van der Waals surface area (Å²) in [5.41, 5.74) is 1.52. The average molecular weight is 210 g/mol. The molecule has 0 spiro atoms. The average Bonchev–Trinajstić information content (AvgIpc) is 2.29. The monoisotopic (exact) mass is 209 g/mol. The lowest BCUT2D eigenvalue weighted by Crippen LogP contribution is -2.33. The van der Waals surface area contributed by atoms with E-state index in [9.17, 15) is 4.79 Å². The fourth-order valence-corrected chi connectivity index (χ4v) is 2.12. The molecule has 0 saturated carbocycles. The number of halogens is 1. The molecular weight excluding hydrogens is 198 g/mol. The maximum Gasteiger partial charge on any atom is 0.236 e. The molecule has 0 N–H and O–H groups in total. The van der Waals surface area contributed by atoms with Crippen molar-refractivity contribution in [3.63, 3.8) is 0 Å². The topological polar surface area (TPSA) is 20.3 Å². The van der Waals surface area contributed by atoms with Gasteiger partial charge in [0.2, 0.25) is 5.91 Å². The molecule has 0 atom stereocenters. The van der Waals surface area contributed by atoms with Crippen LogP contribution in [-0.4, -0.2) is 13.0 Å². The summed E-state index contributed by atoms with van der Waals surface area (Å²) in [6.45, 7) is 3.85. The number of amides is 1. The molecule has 2 rings (SSSR count). The van der Waals surface area contributed by atoms with Crippen molar-refractivity contribution >= 4 is 23.2 Å². The normalized spacial score (nSPS) is 18.6. The summed E-state index contributed by atoms with van der Waals surface area (Å²) in [6, 6.07) is 5.58. The van der Waals surface area contributed by atoms with Crippen molar-refractivity contribution in [2.75, 3.05) is 11.9 Å². The lowest BCUT2D eigenvalue weighted by molar-refractivity contribution is -0.121. The molecule has 0 unspecified atom stereocenters. The fourth-order valence-electron chi connectivity index (χ4n) is 1.95. The Balaban J connectivity index is 2.69. The Morgan fingerprint density at radius 1 is 1.36 bits per heavy atom. The van der Waals surface area contributed by atoms with Gasteiger partial charge < -0.3 is 4.90 Å². The summed E-state index contributed by atoms with van der Waals surface area (Å²) in [4.78, 5) is 13.6. The van der Waals surface area contributed by atoms with Crippen molar-refractivity contribution in [1.29, 1.82) is 0 Å². The van der Waals surface area contributed by atoms with Gasteiger partial charge in [-0.2, -0.15) is 0 Å². The first-order chi connectivity index (χ1) is 6.44. The zero-order valence-electron chi connectivity index (χ0n) is 8.47. The van der Waals surface area contributed by atoms with Crippen LogP contribution >= 0.6 is 11.6 Å². The van der Waals surface area contributed by atoms with E-state index in [0.29, 0.717) is 5.02 Å². The van der Waals surface area contributed by atoms with Crippen molar-refractivity contribution in [3.8, 4) is 0 Å². The van der Waals surface area contributed by atoms with Gasteiger partial charge in [-0.15, -0.1) is 0 Å². The van der Waals surface area contributed by atoms with Crippen LogP contribution in [0.15, 0.2) is 18.2 Å². The van der Waals surface area contributed by atoms with E-state index in [1.54, 1.807) is 11.9 Å². The Morgan fingerprint density at radius 3 is 2.64 bits per heavy atom. The number of hydrogen-bond donors (Lipinski definition) is 0. The van der Waals surface area contributed by atoms with E-state index in [1.807, 2.05) is 32.0 Å². The Hall–Kier alpha value is -1.02. The van der Waals surface area contributed by atoms with Crippen LogP contribution in [-0.2, 0) is 10.2 Å². The summed E-state index contributed by atoms with van der Waals surface area (Å²) >= 11 is 5.92. The number of rotatable bonds is 0. The molecule has 0 saturated heterocycles. The highest BCUT2D eigenvalue weighted by atomic mass is 35.5. The summed E-state index contributed by atoms with van der Waals surface area (Å²) in [7, 11) is 1.80. The highest BCUT2D eigenvalue weighted by Gasteiger charge is 2.41. The van der Waals surface area contributed by atoms with Crippen molar-refractivity contribution in [3.05, 3.63) is 28.8 Å². The van der Waals surface area contributed by atoms with E-state index in [1.165, 1.54) is 0 Å². The van der Waals surface area contributed by atoms with Crippen molar-refractivity contribution in [1.82, 2.24) is 0 Å². The molecule has 0 aromatic heterocycles. The van der Waals surface area contributed by atoms with E-state index < -0.39 is 5.41 Å². The van der Waals surface area contributed by atoms with Gasteiger partial charge in [0.1, 0.15) is 0 Å². The number of anilines is 1. The first-order valence-electron chi connectivity index (χ1n) is 4.53. The smallest absolute Gasteiger partial charge is 0.236 e. The van der Waals surface area contributed by atoms with Gasteiger partial charge in [-0.1, -0.05) is 11.6 Å². The van der Waals surface area contributed by atoms with Gasteiger partial charge in [0, 0.05) is 17.8 Å². The summed E-state index contributed by atoms with van der Waals surface area (Å²) in [5, 5.41) is 0.680. The molecule has 0 bridgehead atoms. The predicted molar refractivity (Wildman–Crippen MR) is 57.9 cm³/mol. The second kappa shape index (κ2) is 2.74. The molecule has 1 aliphatic rings. The van der Waals surface area contributed by atoms with E-state index in [2.05, 4.69) is 0 Å². The number of nitrogens with zero attached hydrogens (tertiary/aromatic N) is 1. The molecule has 1 aromatic rings. The van der Waals surface area contributed by atoms with Gasteiger partial charge in [0.25, 0.3) is 0 Å². The van der Waals surface area contributed by atoms with Gasteiger partial charge in [0.05, 0.1) is 5.41 Å². The van der Waals surface area contributed by atoms with Gasteiger partial charge in [-0.05, 0) is 37.6 Å². The number of fused-ring (bicyclic) bond motifs is 1. The van der Waals surface area contributed by atoms with Crippen LogP contribution in [0.4, 0.5) is 5.69 Å². The van der Waals surface area contributed by atoms with Crippen molar-refractivity contribution in [2.24, 2.45) is 0 Å². The third-order valence-electron chi connectivity index (χ3n) is 2.83. The Morgan fingerprint density at radius 2 is 2.00 bits per heavy atom. The lowest BCUT2D eigenvalue weighted by atomic mass is 9.86. The molecule has 1 amide bonds. The minimum Gasteiger partial charge on any atom is -0.314 e. The lowest BCUT2D eigenvalue weighted by Gasteiger charge is -2.16. The molecule has 0 radical (unpaired) electrons. The van der Waals surface area contributed by atoms with Gasteiger partial charge in [-0.3, -0.25) is 4.79 Å². The minimum absolute atomic E-state index is 0.120. The largest absolute Gasteiger partial charge is 0.314 e. The summed E-state index contributed by atoms with van der Waals surface area (Å²) < 4.78 is 0. The predicted octanol–water partition coefficient (Wildman–Crippen LogP) is 2.59. The SMILES string of the molecule is CN1C(=O)C(C)(C)c2cc(Cl)ccc21. The number of carbonyl (C=O) groups excluding carboxylic acids is 1. The fraction of sp³-hybridized carbons (Fsp3) is 0.364. The number of carbonyl (C=O) groups is 1. The van der Waals surface area contributed by atoms with Crippen LogP contribution in [0.25, 0.3) is 0 Å². The molecule has 14 heavy (non-hydrogen) atoms. The number of benzene rings is 1. The standard InChI is InChI=1S/C11H12ClNO/c1-11(2)8-6-7(12)4-5-9(8)13(3)10(11)14/h4-6H,1-3H3. The molecule has 1 aliphatic heterocycles. The highest BCUT2D eigenvalue weighted by molar-refractivity contribution is 6.31. The molecule has 1 aromatic carbocycles. The zero-order valence-corrected chi connectivity index (χ0v) is 9.22. The second-order valence-corrected chi connectivity index (χ2v) is 4.59. The maximum absolute atomic E-state index is 11.9. The number of likely N-dealkylation sites (N-methyl/N-ethyl adjacent to an activating group) is 1. The third-order valence-corrected chi connectivity index (χ3v) is 3.07. The van der Waals surface area contributed by atoms with Crippen LogP contribution in [0, 0.1) is 0 Å². The molecule has 74 valence electrons. The molecule has 0 aliphatic carbocycles. The Labute approximate surface area is 88.5 Å². The third kappa shape index (κ3) is 1.07. The van der Waals surface area contributed by atoms with Gasteiger partial charge >= 0.3 is 0 Å². The molecular formula is C11H12ClNO.